The quantitative estimate of drug-likeness (QED) is 0.613. The van der Waals surface area contributed by atoms with Crippen LogP contribution in [0.5, 0.6) is 0 Å². The van der Waals surface area contributed by atoms with Gasteiger partial charge in [0.25, 0.3) is 5.69 Å². The van der Waals surface area contributed by atoms with Crippen LogP contribution >= 0.6 is 0 Å². The zero-order valence-electron chi connectivity index (χ0n) is 9.64. The molecule has 0 radical (unpaired) electrons. The van der Waals surface area contributed by atoms with Crippen molar-refractivity contribution in [2.75, 3.05) is 11.9 Å². The highest BCUT2D eigenvalue weighted by Gasteiger charge is 2.34. The Morgan fingerprint density at radius 1 is 1.59 bits per heavy atom. The summed E-state index contributed by atoms with van der Waals surface area (Å²) in [5.74, 6) is 0.563. The second-order valence-corrected chi connectivity index (χ2v) is 4.49. The van der Waals surface area contributed by atoms with Gasteiger partial charge in [-0.25, -0.2) is 4.98 Å². The van der Waals surface area contributed by atoms with Gasteiger partial charge in [0.05, 0.1) is 10.5 Å². The Kier molecular flexibility index (Phi) is 2.97. The third-order valence-corrected chi connectivity index (χ3v) is 3.14. The Bertz CT molecular complexity index is 444. The summed E-state index contributed by atoms with van der Waals surface area (Å²) in [6, 6.07) is 2.99. The molecule has 0 saturated heterocycles. The third kappa shape index (κ3) is 2.52. The molecule has 2 N–H and O–H groups in total. The molecule has 6 heteroatoms. The lowest BCUT2D eigenvalue weighted by Gasteiger charge is -2.36. The number of pyridine rings is 1. The van der Waals surface area contributed by atoms with Crippen molar-refractivity contribution in [1.82, 2.24) is 4.98 Å². The van der Waals surface area contributed by atoms with Crippen molar-refractivity contribution in [1.29, 1.82) is 0 Å². The lowest BCUT2D eigenvalue weighted by atomic mass is 9.80. The Morgan fingerprint density at radius 3 is 2.76 bits per heavy atom. The number of aromatic nitrogens is 1. The van der Waals surface area contributed by atoms with E-state index >= 15 is 0 Å². The summed E-state index contributed by atoms with van der Waals surface area (Å²) in [6.07, 6.45) is 2.64. The average molecular weight is 237 g/mol. The van der Waals surface area contributed by atoms with Gasteiger partial charge in [-0.15, -0.1) is 0 Å². The zero-order chi connectivity index (χ0) is 12.5. The SMILES string of the molecule is Cc1nc(NCC2(O)CCC2)ccc1[N+](=O)[O-]. The van der Waals surface area contributed by atoms with E-state index in [4.69, 9.17) is 0 Å². The van der Waals surface area contributed by atoms with E-state index in [-0.39, 0.29) is 5.69 Å². The minimum atomic E-state index is -0.628. The molecule has 0 spiro atoms. The standard InChI is InChI=1S/C11H15N3O3/c1-8-9(14(16)17)3-4-10(13-8)12-7-11(15)5-2-6-11/h3-4,15H,2,5-7H2,1H3,(H,12,13). The topological polar surface area (TPSA) is 88.3 Å². The van der Waals surface area contributed by atoms with E-state index in [2.05, 4.69) is 10.3 Å². The van der Waals surface area contributed by atoms with Gasteiger partial charge in [0, 0.05) is 12.6 Å². The normalized spacial score (nSPS) is 17.3. The van der Waals surface area contributed by atoms with Gasteiger partial charge in [-0.1, -0.05) is 0 Å². The van der Waals surface area contributed by atoms with Gasteiger partial charge < -0.3 is 10.4 Å². The summed E-state index contributed by atoms with van der Waals surface area (Å²) in [4.78, 5) is 14.2. The molecule has 0 aliphatic heterocycles. The van der Waals surface area contributed by atoms with Gasteiger partial charge in [-0.05, 0) is 32.3 Å². The summed E-state index contributed by atoms with van der Waals surface area (Å²) in [6.45, 7) is 2.04. The lowest BCUT2D eigenvalue weighted by Crippen LogP contribution is -2.43. The smallest absolute Gasteiger partial charge is 0.290 e. The Hall–Kier alpha value is -1.69. The molecule has 1 aromatic rings. The molecule has 2 rings (SSSR count). The summed E-state index contributed by atoms with van der Waals surface area (Å²) in [5, 5.41) is 23.5. The van der Waals surface area contributed by atoms with E-state index in [1.807, 2.05) is 0 Å². The van der Waals surface area contributed by atoms with Gasteiger partial charge in [0.15, 0.2) is 0 Å². The Morgan fingerprint density at radius 2 is 2.29 bits per heavy atom. The van der Waals surface area contributed by atoms with Crippen LogP contribution in [-0.2, 0) is 0 Å². The second kappa shape index (κ2) is 4.29. The highest BCUT2D eigenvalue weighted by atomic mass is 16.6. The molecule has 1 heterocycles. The fraction of sp³-hybridized carbons (Fsp3) is 0.545. The van der Waals surface area contributed by atoms with E-state index < -0.39 is 10.5 Å². The van der Waals surface area contributed by atoms with Crippen LogP contribution in [-0.4, -0.2) is 27.2 Å². The predicted octanol–water partition coefficient (Wildman–Crippen LogP) is 1.63. The van der Waals surface area contributed by atoms with E-state index in [0.29, 0.717) is 18.1 Å². The van der Waals surface area contributed by atoms with Crippen LogP contribution in [0, 0.1) is 17.0 Å². The van der Waals surface area contributed by atoms with E-state index in [1.54, 1.807) is 13.0 Å². The van der Waals surface area contributed by atoms with Gasteiger partial charge in [0.1, 0.15) is 11.5 Å². The number of nitro groups is 1. The first-order valence-electron chi connectivity index (χ1n) is 5.58. The van der Waals surface area contributed by atoms with Crippen LogP contribution in [0.2, 0.25) is 0 Å². The summed E-state index contributed by atoms with van der Waals surface area (Å²) in [7, 11) is 0. The lowest BCUT2D eigenvalue weighted by molar-refractivity contribution is -0.385. The number of nitrogens with zero attached hydrogens (tertiary/aromatic N) is 2. The second-order valence-electron chi connectivity index (χ2n) is 4.49. The van der Waals surface area contributed by atoms with Crippen molar-refractivity contribution >= 4 is 11.5 Å². The molecule has 1 saturated carbocycles. The van der Waals surface area contributed by atoms with Crippen molar-refractivity contribution in [2.24, 2.45) is 0 Å². The van der Waals surface area contributed by atoms with Crippen LogP contribution < -0.4 is 5.32 Å². The molecular weight excluding hydrogens is 222 g/mol. The number of anilines is 1. The van der Waals surface area contributed by atoms with Crippen LogP contribution in [0.1, 0.15) is 25.0 Å². The monoisotopic (exact) mass is 237 g/mol. The first kappa shape index (κ1) is 11.8. The molecule has 0 unspecified atom stereocenters. The summed E-state index contributed by atoms with van der Waals surface area (Å²) < 4.78 is 0. The van der Waals surface area contributed by atoms with Gasteiger partial charge in [0.2, 0.25) is 0 Å². The first-order chi connectivity index (χ1) is 8.00. The van der Waals surface area contributed by atoms with Gasteiger partial charge in [-0.2, -0.15) is 0 Å². The summed E-state index contributed by atoms with van der Waals surface area (Å²) in [5.41, 5.74) is -0.240. The molecule has 1 aliphatic carbocycles. The van der Waals surface area contributed by atoms with Crippen molar-refractivity contribution in [3.05, 3.63) is 27.9 Å². The van der Waals surface area contributed by atoms with Gasteiger partial charge in [-0.3, -0.25) is 10.1 Å². The molecule has 1 fully saturated rings. The van der Waals surface area contributed by atoms with Crippen molar-refractivity contribution in [2.45, 2.75) is 31.8 Å². The minimum absolute atomic E-state index is 0.0119. The van der Waals surface area contributed by atoms with Crippen LogP contribution in [0.25, 0.3) is 0 Å². The van der Waals surface area contributed by atoms with E-state index in [9.17, 15) is 15.2 Å². The maximum absolute atomic E-state index is 10.6. The maximum Gasteiger partial charge on any atom is 0.290 e. The van der Waals surface area contributed by atoms with Crippen LogP contribution in [0.15, 0.2) is 12.1 Å². The average Bonchev–Trinajstić information content (AvgIpc) is 2.23. The number of hydrogen-bond acceptors (Lipinski definition) is 5. The highest BCUT2D eigenvalue weighted by molar-refractivity contribution is 5.45. The number of nitrogens with one attached hydrogen (secondary N) is 1. The molecule has 17 heavy (non-hydrogen) atoms. The molecule has 1 aromatic heterocycles. The molecule has 0 aromatic carbocycles. The van der Waals surface area contributed by atoms with E-state index in [1.165, 1.54) is 6.07 Å². The highest BCUT2D eigenvalue weighted by Crippen LogP contribution is 2.31. The molecule has 0 atom stereocenters. The number of hydrogen-bond donors (Lipinski definition) is 2. The van der Waals surface area contributed by atoms with Crippen molar-refractivity contribution < 1.29 is 10.0 Å². The largest absolute Gasteiger partial charge is 0.388 e. The molecule has 1 aliphatic rings. The zero-order valence-corrected chi connectivity index (χ0v) is 9.64. The fourth-order valence-electron chi connectivity index (χ4n) is 1.86. The summed E-state index contributed by atoms with van der Waals surface area (Å²) >= 11 is 0. The number of aryl methyl sites for hydroxylation is 1. The van der Waals surface area contributed by atoms with Gasteiger partial charge >= 0.3 is 0 Å². The maximum atomic E-state index is 10.6. The number of aliphatic hydroxyl groups is 1. The van der Waals surface area contributed by atoms with E-state index in [0.717, 1.165) is 19.3 Å². The Balaban J connectivity index is 2.02. The first-order valence-corrected chi connectivity index (χ1v) is 5.58. The third-order valence-electron chi connectivity index (χ3n) is 3.14. The van der Waals surface area contributed by atoms with Crippen LogP contribution in [0.3, 0.4) is 0 Å². The molecule has 0 amide bonds. The molecular formula is C11H15N3O3. The van der Waals surface area contributed by atoms with Crippen molar-refractivity contribution in [3.63, 3.8) is 0 Å². The predicted molar refractivity (Wildman–Crippen MR) is 62.9 cm³/mol. The van der Waals surface area contributed by atoms with Crippen molar-refractivity contribution in [3.8, 4) is 0 Å². The minimum Gasteiger partial charge on any atom is -0.388 e. The Labute approximate surface area is 98.8 Å². The number of rotatable bonds is 4. The fourth-order valence-corrected chi connectivity index (χ4v) is 1.86. The molecule has 92 valence electrons. The molecule has 0 bridgehead atoms. The van der Waals surface area contributed by atoms with Crippen LogP contribution in [0.4, 0.5) is 11.5 Å². The molecule has 6 nitrogen and oxygen atoms in total.